The van der Waals surface area contributed by atoms with Gasteiger partial charge in [-0.1, -0.05) is 0 Å². The lowest BCUT2D eigenvalue weighted by molar-refractivity contribution is 0.0602. The number of carbonyl (C=O) groups is 1. The topological polar surface area (TPSA) is 64.3 Å². The number of nitrogens with one attached hydrogen (secondary N) is 1. The number of anilines is 2. The number of hydrogen-bond donors (Lipinski definition) is 2. The number of hydrogen-bond acceptors (Lipinski definition) is 5. The number of benzene rings is 1. The Hall–Kier alpha value is -2.01. The van der Waals surface area contributed by atoms with E-state index in [9.17, 15) is 4.79 Å². The van der Waals surface area contributed by atoms with Gasteiger partial charge in [-0.25, -0.2) is 4.79 Å². The maximum Gasteiger partial charge on any atom is 0.340 e. The van der Waals surface area contributed by atoms with Crippen LogP contribution < -0.4 is 11.1 Å². The molecule has 0 bridgehead atoms. The molecule has 0 saturated carbocycles. The summed E-state index contributed by atoms with van der Waals surface area (Å²) in [6, 6.07) is 7.25. The molecule has 0 unspecified atom stereocenters. The summed E-state index contributed by atoms with van der Waals surface area (Å²) in [6.07, 6.45) is 0. The number of ether oxygens (including phenoxy) is 1. The van der Waals surface area contributed by atoms with Gasteiger partial charge in [0.2, 0.25) is 0 Å². The van der Waals surface area contributed by atoms with Crippen LogP contribution in [0.5, 0.6) is 0 Å². The Balaban J connectivity index is 2.20. The van der Waals surface area contributed by atoms with Crippen molar-refractivity contribution in [3.63, 3.8) is 0 Å². The molecule has 0 aliphatic carbocycles. The second-order valence-corrected chi connectivity index (χ2v) is 5.18. The first-order chi connectivity index (χ1) is 9.11. The Kier molecular flexibility index (Phi) is 4.06. The SMILES string of the molecule is COC(=O)c1cc(N)ccc1NCc1sccc1C. The van der Waals surface area contributed by atoms with Gasteiger partial charge in [0.25, 0.3) is 0 Å². The van der Waals surface area contributed by atoms with E-state index in [-0.39, 0.29) is 0 Å². The number of thiophene rings is 1. The predicted octanol–water partition coefficient (Wildman–Crippen LogP) is 3.04. The summed E-state index contributed by atoms with van der Waals surface area (Å²) in [4.78, 5) is 12.9. The van der Waals surface area contributed by atoms with E-state index in [1.54, 1.807) is 29.5 Å². The summed E-state index contributed by atoms with van der Waals surface area (Å²) >= 11 is 1.69. The quantitative estimate of drug-likeness (QED) is 0.665. The summed E-state index contributed by atoms with van der Waals surface area (Å²) in [7, 11) is 1.36. The molecule has 0 amide bonds. The van der Waals surface area contributed by atoms with Crippen molar-refractivity contribution in [3.8, 4) is 0 Å². The molecule has 0 aliphatic rings. The average Bonchev–Trinajstić information content (AvgIpc) is 2.82. The third-order valence-electron chi connectivity index (χ3n) is 2.86. The first-order valence-corrected chi connectivity index (χ1v) is 6.74. The van der Waals surface area contributed by atoms with Gasteiger partial charge in [0.15, 0.2) is 0 Å². The Bertz CT molecular complexity index is 593. The van der Waals surface area contributed by atoms with Crippen molar-refractivity contribution in [1.82, 2.24) is 0 Å². The van der Waals surface area contributed by atoms with Gasteiger partial charge in [-0.2, -0.15) is 0 Å². The molecule has 0 atom stereocenters. The maximum atomic E-state index is 11.7. The van der Waals surface area contributed by atoms with Gasteiger partial charge < -0.3 is 15.8 Å². The molecular formula is C14H16N2O2S. The summed E-state index contributed by atoms with van der Waals surface area (Å²) in [5.74, 6) is -0.391. The van der Waals surface area contributed by atoms with Crippen LogP contribution in [0.3, 0.4) is 0 Å². The zero-order chi connectivity index (χ0) is 13.8. The number of nitrogen functional groups attached to an aromatic ring is 1. The lowest BCUT2D eigenvalue weighted by Gasteiger charge is -2.11. The zero-order valence-electron chi connectivity index (χ0n) is 10.9. The first kappa shape index (κ1) is 13.4. The minimum absolute atomic E-state index is 0.391. The Morgan fingerprint density at radius 2 is 2.21 bits per heavy atom. The second-order valence-electron chi connectivity index (χ2n) is 4.18. The lowest BCUT2D eigenvalue weighted by Crippen LogP contribution is -2.08. The van der Waals surface area contributed by atoms with Crippen LogP contribution >= 0.6 is 11.3 Å². The van der Waals surface area contributed by atoms with Gasteiger partial charge >= 0.3 is 5.97 Å². The minimum Gasteiger partial charge on any atom is -0.465 e. The van der Waals surface area contributed by atoms with Crippen LogP contribution in [-0.2, 0) is 11.3 Å². The molecule has 0 radical (unpaired) electrons. The van der Waals surface area contributed by atoms with Gasteiger partial charge in [0, 0.05) is 22.8 Å². The van der Waals surface area contributed by atoms with E-state index < -0.39 is 5.97 Å². The van der Waals surface area contributed by atoms with E-state index in [1.165, 1.54) is 17.6 Å². The van der Waals surface area contributed by atoms with Gasteiger partial charge in [0.05, 0.1) is 12.7 Å². The van der Waals surface area contributed by atoms with Crippen molar-refractivity contribution in [2.24, 2.45) is 0 Å². The molecule has 0 saturated heterocycles. The smallest absolute Gasteiger partial charge is 0.340 e. The standard InChI is InChI=1S/C14H16N2O2S/c1-9-5-6-19-13(9)8-16-12-4-3-10(15)7-11(12)14(17)18-2/h3-7,16H,8,15H2,1-2H3. The molecule has 0 spiro atoms. The summed E-state index contributed by atoms with van der Waals surface area (Å²) < 4.78 is 4.76. The molecule has 100 valence electrons. The second kappa shape index (κ2) is 5.75. The van der Waals surface area contributed by atoms with Crippen molar-refractivity contribution in [2.45, 2.75) is 13.5 Å². The molecule has 0 aliphatic heterocycles. The van der Waals surface area contributed by atoms with Gasteiger partial charge in [-0.3, -0.25) is 0 Å². The molecule has 0 fully saturated rings. The zero-order valence-corrected chi connectivity index (χ0v) is 11.7. The number of nitrogens with two attached hydrogens (primary N) is 1. The number of carbonyl (C=O) groups excluding carboxylic acids is 1. The van der Waals surface area contributed by atoms with Crippen molar-refractivity contribution in [1.29, 1.82) is 0 Å². The molecule has 4 nitrogen and oxygen atoms in total. The Morgan fingerprint density at radius 1 is 1.42 bits per heavy atom. The fourth-order valence-corrected chi connectivity index (χ4v) is 2.60. The van der Waals surface area contributed by atoms with E-state index in [0.717, 1.165) is 5.69 Å². The highest BCUT2D eigenvalue weighted by atomic mass is 32.1. The molecule has 3 N–H and O–H groups in total. The molecule has 1 aromatic heterocycles. The molecule has 5 heteroatoms. The molecule has 2 rings (SSSR count). The van der Waals surface area contributed by atoms with E-state index in [1.807, 2.05) is 0 Å². The molecule has 2 aromatic rings. The van der Waals surface area contributed by atoms with Crippen molar-refractivity contribution < 1.29 is 9.53 Å². The average molecular weight is 276 g/mol. The molecular weight excluding hydrogens is 260 g/mol. The molecule has 1 aromatic carbocycles. The molecule has 1 heterocycles. The van der Waals surface area contributed by atoms with E-state index >= 15 is 0 Å². The number of esters is 1. The fourth-order valence-electron chi connectivity index (χ4n) is 1.76. The van der Waals surface area contributed by atoms with Gasteiger partial charge in [-0.05, 0) is 42.1 Å². The van der Waals surface area contributed by atoms with Crippen LogP contribution in [0.15, 0.2) is 29.6 Å². The van der Waals surface area contributed by atoms with E-state index in [4.69, 9.17) is 10.5 Å². The summed E-state index contributed by atoms with van der Waals surface area (Å²) in [5.41, 5.74) is 8.67. The molecule has 19 heavy (non-hydrogen) atoms. The minimum atomic E-state index is -0.391. The number of aryl methyl sites for hydroxylation is 1. The highest BCUT2D eigenvalue weighted by molar-refractivity contribution is 7.10. The van der Waals surface area contributed by atoms with Gasteiger partial charge in [0.1, 0.15) is 0 Å². The fraction of sp³-hybridized carbons (Fsp3) is 0.214. The highest BCUT2D eigenvalue weighted by Crippen LogP contribution is 2.22. The highest BCUT2D eigenvalue weighted by Gasteiger charge is 2.12. The van der Waals surface area contributed by atoms with Crippen LogP contribution in [0, 0.1) is 6.92 Å². The first-order valence-electron chi connectivity index (χ1n) is 5.86. The van der Waals surface area contributed by atoms with Crippen molar-refractivity contribution in [3.05, 3.63) is 45.6 Å². The maximum absolute atomic E-state index is 11.7. The number of methoxy groups -OCH3 is 1. The van der Waals surface area contributed by atoms with E-state index in [2.05, 4.69) is 23.7 Å². The van der Waals surface area contributed by atoms with Crippen molar-refractivity contribution in [2.75, 3.05) is 18.2 Å². The Labute approximate surface area is 116 Å². The Morgan fingerprint density at radius 3 is 2.84 bits per heavy atom. The monoisotopic (exact) mass is 276 g/mol. The number of rotatable bonds is 4. The summed E-state index contributed by atoms with van der Waals surface area (Å²) in [5, 5.41) is 5.31. The van der Waals surface area contributed by atoms with Crippen LogP contribution in [0.1, 0.15) is 20.8 Å². The lowest BCUT2D eigenvalue weighted by atomic mass is 10.1. The normalized spacial score (nSPS) is 10.2. The third-order valence-corrected chi connectivity index (χ3v) is 3.88. The van der Waals surface area contributed by atoms with Crippen LogP contribution in [-0.4, -0.2) is 13.1 Å². The summed E-state index contributed by atoms with van der Waals surface area (Å²) in [6.45, 7) is 2.75. The third kappa shape index (κ3) is 3.06. The van der Waals surface area contributed by atoms with Crippen molar-refractivity contribution >= 4 is 28.7 Å². The van der Waals surface area contributed by atoms with Crippen LogP contribution in [0.2, 0.25) is 0 Å². The van der Waals surface area contributed by atoms with E-state index in [0.29, 0.717) is 17.8 Å². The van der Waals surface area contributed by atoms with Crippen LogP contribution in [0.25, 0.3) is 0 Å². The van der Waals surface area contributed by atoms with Gasteiger partial charge in [-0.15, -0.1) is 11.3 Å². The van der Waals surface area contributed by atoms with Crippen LogP contribution in [0.4, 0.5) is 11.4 Å². The largest absolute Gasteiger partial charge is 0.465 e. The predicted molar refractivity (Wildman–Crippen MR) is 78.6 cm³/mol.